The Labute approximate surface area is 223 Å². The molecule has 1 unspecified atom stereocenters. The van der Waals surface area contributed by atoms with Gasteiger partial charge in [-0.05, 0) is 66.1 Å². The molecule has 3 aromatic heterocycles. The molecule has 1 fully saturated rings. The van der Waals surface area contributed by atoms with E-state index in [1.165, 1.54) is 46.2 Å². The van der Waals surface area contributed by atoms with Crippen molar-refractivity contribution in [3.63, 3.8) is 0 Å². The van der Waals surface area contributed by atoms with Crippen molar-refractivity contribution in [1.29, 1.82) is 0 Å². The second-order valence-corrected chi connectivity index (χ2v) is 10.5. The molecule has 5 heteroatoms. The Morgan fingerprint density at radius 1 is 0.763 bits per heavy atom. The van der Waals surface area contributed by atoms with E-state index < -0.39 is 0 Å². The fourth-order valence-corrected chi connectivity index (χ4v) is 6.13. The van der Waals surface area contributed by atoms with Crippen LogP contribution < -0.4 is 0 Å². The number of aromatic amines is 1. The van der Waals surface area contributed by atoms with Crippen LogP contribution in [0, 0.1) is 0 Å². The van der Waals surface area contributed by atoms with Crippen molar-refractivity contribution in [1.82, 2.24) is 19.9 Å². The molecule has 2 aliphatic rings. The number of hydrogen-bond acceptors (Lipinski definition) is 4. The molecule has 4 heterocycles. The molecule has 1 aliphatic carbocycles. The highest BCUT2D eigenvalue weighted by Crippen LogP contribution is 2.34. The zero-order valence-corrected chi connectivity index (χ0v) is 21.6. The fourth-order valence-electron chi connectivity index (χ4n) is 6.13. The Morgan fingerprint density at radius 2 is 1.55 bits per heavy atom. The standard InChI is InChI=1S/C33H32N4O/c1-2-14-34-32(3-1)25-7-5-24(6-8-25)31-22-36-33-30(31)20-28(21-35-33)27-9-4-23-10-12-29(13-11-26(23)19-27)37-15-17-38-18-16-37/h1-9,14,19-22,29H,10-13,15-18H2,(H,35,36). The number of pyridine rings is 2. The van der Waals surface area contributed by atoms with Gasteiger partial charge in [-0.2, -0.15) is 0 Å². The number of fused-ring (bicyclic) bond motifs is 2. The largest absolute Gasteiger partial charge is 0.379 e. The third-order valence-corrected chi connectivity index (χ3v) is 8.28. The van der Waals surface area contributed by atoms with Gasteiger partial charge in [0.15, 0.2) is 0 Å². The van der Waals surface area contributed by atoms with Crippen LogP contribution in [0.4, 0.5) is 0 Å². The maximum atomic E-state index is 5.58. The number of nitrogens with zero attached hydrogens (tertiary/aromatic N) is 3. The first-order chi connectivity index (χ1) is 18.8. The third kappa shape index (κ3) is 4.53. The predicted molar refractivity (Wildman–Crippen MR) is 153 cm³/mol. The minimum Gasteiger partial charge on any atom is -0.379 e. The number of aryl methyl sites for hydroxylation is 2. The van der Waals surface area contributed by atoms with Crippen molar-refractivity contribution < 1.29 is 4.74 Å². The number of nitrogens with one attached hydrogen (secondary N) is 1. The molecule has 0 radical (unpaired) electrons. The molecular formula is C33H32N4O. The van der Waals surface area contributed by atoms with Gasteiger partial charge in [-0.15, -0.1) is 0 Å². The van der Waals surface area contributed by atoms with E-state index in [9.17, 15) is 0 Å². The number of benzene rings is 2. The molecule has 1 N–H and O–H groups in total. The van der Waals surface area contributed by atoms with Gasteiger partial charge in [0, 0.05) is 59.8 Å². The van der Waals surface area contributed by atoms with Crippen LogP contribution in [0.2, 0.25) is 0 Å². The van der Waals surface area contributed by atoms with Gasteiger partial charge in [-0.1, -0.05) is 48.5 Å². The lowest BCUT2D eigenvalue weighted by molar-refractivity contribution is 0.0136. The second-order valence-electron chi connectivity index (χ2n) is 10.5. The van der Waals surface area contributed by atoms with Gasteiger partial charge in [0.25, 0.3) is 0 Å². The third-order valence-electron chi connectivity index (χ3n) is 8.28. The Hall–Kier alpha value is -3.80. The molecule has 7 rings (SSSR count). The molecule has 38 heavy (non-hydrogen) atoms. The van der Waals surface area contributed by atoms with Crippen LogP contribution in [0.25, 0.3) is 44.5 Å². The second kappa shape index (κ2) is 10.2. The average Bonchev–Trinajstić information content (AvgIpc) is 3.30. The molecule has 5 nitrogen and oxygen atoms in total. The molecule has 5 aromatic rings. The van der Waals surface area contributed by atoms with Gasteiger partial charge in [-0.25, -0.2) is 4.98 Å². The minimum absolute atomic E-state index is 0.666. The Morgan fingerprint density at radius 3 is 2.37 bits per heavy atom. The molecule has 190 valence electrons. The molecule has 0 saturated carbocycles. The first kappa shape index (κ1) is 23.3. The molecule has 1 atom stereocenters. The van der Waals surface area contributed by atoms with E-state index in [0.717, 1.165) is 61.4 Å². The molecule has 0 bridgehead atoms. The van der Waals surface area contributed by atoms with E-state index in [-0.39, 0.29) is 0 Å². The molecule has 1 saturated heterocycles. The van der Waals surface area contributed by atoms with Crippen molar-refractivity contribution in [3.05, 3.63) is 96.4 Å². The van der Waals surface area contributed by atoms with Crippen LogP contribution in [0.15, 0.2) is 85.3 Å². The molecular weight excluding hydrogens is 468 g/mol. The van der Waals surface area contributed by atoms with Crippen LogP contribution in [-0.4, -0.2) is 52.2 Å². The van der Waals surface area contributed by atoms with E-state index in [0.29, 0.717) is 6.04 Å². The fraction of sp³-hybridized carbons (Fsp3) is 0.273. The number of hydrogen-bond donors (Lipinski definition) is 1. The maximum absolute atomic E-state index is 5.58. The number of morpholine rings is 1. The summed E-state index contributed by atoms with van der Waals surface area (Å²) in [5.74, 6) is 0. The summed E-state index contributed by atoms with van der Waals surface area (Å²) in [6.45, 7) is 3.89. The highest BCUT2D eigenvalue weighted by Gasteiger charge is 2.24. The zero-order chi connectivity index (χ0) is 25.3. The van der Waals surface area contributed by atoms with E-state index in [1.54, 1.807) is 0 Å². The van der Waals surface area contributed by atoms with Crippen molar-refractivity contribution in [2.45, 2.75) is 31.7 Å². The van der Waals surface area contributed by atoms with Crippen LogP contribution in [0.1, 0.15) is 24.0 Å². The van der Waals surface area contributed by atoms with Gasteiger partial charge in [0.05, 0.1) is 18.9 Å². The Balaban J connectivity index is 1.16. The number of ether oxygens (including phenoxy) is 1. The highest BCUT2D eigenvalue weighted by atomic mass is 16.5. The lowest BCUT2D eigenvalue weighted by Crippen LogP contribution is -2.43. The molecule has 0 spiro atoms. The lowest BCUT2D eigenvalue weighted by atomic mass is 9.96. The van der Waals surface area contributed by atoms with Crippen LogP contribution >= 0.6 is 0 Å². The summed E-state index contributed by atoms with van der Waals surface area (Å²) < 4.78 is 5.58. The van der Waals surface area contributed by atoms with Crippen LogP contribution in [0.5, 0.6) is 0 Å². The summed E-state index contributed by atoms with van der Waals surface area (Å²) in [6.07, 6.45) is 10.7. The Kier molecular flexibility index (Phi) is 6.24. The normalized spacial score (nSPS) is 18.3. The van der Waals surface area contributed by atoms with Gasteiger partial charge < -0.3 is 9.72 Å². The summed E-state index contributed by atoms with van der Waals surface area (Å²) in [4.78, 5) is 15.3. The summed E-state index contributed by atoms with van der Waals surface area (Å²) in [7, 11) is 0. The van der Waals surface area contributed by atoms with Gasteiger partial charge in [0.2, 0.25) is 0 Å². The summed E-state index contributed by atoms with van der Waals surface area (Å²) in [5, 5.41) is 1.15. The first-order valence-electron chi connectivity index (χ1n) is 13.7. The zero-order valence-electron chi connectivity index (χ0n) is 21.6. The highest BCUT2D eigenvalue weighted by molar-refractivity contribution is 5.96. The number of aromatic nitrogens is 3. The molecule has 0 amide bonds. The Bertz CT molecular complexity index is 1550. The lowest BCUT2D eigenvalue weighted by Gasteiger charge is -2.33. The predicted octanol–water partition coefficient (Wildman–Crippen LogP) is 6.54. The van der Waals surface area contributed by atoms with E-state index in [2.05, 4.69) is 69.6 Å². The quantitative estimate of drug-likeness (QED) is 0.285. The average molecular weight is 501 g/mol. The van der Waals surface area contributed by atoms with Crippen molar-refractivity contribution >= 4 is 11.0 Å². The van der Waals surface area contributed by atoms with E-state index >= 15 is 0 Å². The van der Waals surface area contributed by atoms with Crippen molar-refractivity contribution in [2.24, 2.45) is 0 Å². The van der Waals surface area contributed by atoms with E-state index in [4.69, 9.17) is 9.72 Å². The SMILES string of the molecule is c1ccc(-c2ccc(-c3c[nH]c4ncc(-c5ccc6c(c5)CCC(N5CCOCC5)CC6)cc34)cc2)nc1. The van der Waals surface area contributed by atoms with Gasteiger partial charge in [0.1, 0.15) is 5.65 Å². The summed E-state index contributed by atoms with van der Waals surface area (Å²) in [6, 6.07) is 24.6. The van der Waals surface area contributed by atoms with Crippen LogP contribution in [0.3, 0.4) is 0 Å². The maximum Gasteiger partial charge on any atom is 0.137 e. The summed E-state index contributed by atoms with van der Waals surface area (Å²) in [5.41, 5.74) is 10.8. The van der Waals surface area contributed by atoms with Gasteiger partial charge >= 0.3 is 0 Å². The molecule has 2 aromatic carbocycles. The molecule has 1 aliphatic heterocycles. The minimum atomic E-state index is 0.666. The number of rotatable bonds is 4. The van der Waals surface area contributed by atoms with Crippen molar-refractivity contribution in [3.8, 4) is 33.5 Å². The van der Waals surface area contributed by atoms with Crippen molar-refractivity contribution in [2.75, 3.05) is 26.3 Å². The van der Waals surface area contributed by atoms with Crippen LogP contribution in [-0.2, 0) is 17.6 Å². The summed E-state index contributed by atoms with van der Waals surface area (Å²) >= 11 is 0. The first-order valence-corrected chi connectivity index (χ1v) is 13.7. The topological polar surface area (TPSA) is 54.0 Å². The number of H-pyrrole nitrogens is 1. The monoisotopic (exact) mass is 500 g/mol. The van der Waals surface area contributed by atoms with Gasteiger partial charge in [-0.3, -0.25) is 9.88 Å². The smallest absolute Gasteiger partial charge is 0.137 e. The van der Waals surface area contributed by atoms with E-state index in [1.807, 2.05) is 30.6 Å².